The molecule has 1 N–H and O–H groups in total. The van der Waals surface area contributed by atoms with E-state index in [1.54, 1.807) is 62.4 Å². The van der Waals surface area contributed by atoms with Gasteiger partial charge in [-0.05, 0) is 67.3 Å². The summed E-state index contributed by atoms with van der Waals surface area (Å²) in [6, 6.07) is 17.4. The van der Waals surface area contributed by atoms with Gasteiger partial charge in [0, 0.05) is 16.6 Å². The summed E-state index contributed by atoms with van der Waals surface area (Å²) in [6.07, 6.45) is 1.46. The Hall–Kier alpha value is -2.71. The Morgan fingerprint density at radius 2 is 1.47 bits per heavy atom. The lowest BCUT2D eigenvalue weighted by molar-refractivity contribution is -0.121. The van der Waals surface area contributed by atoms with Gasteiger partial charge in [-0.2, -0.15) is 9.41 Å². The summed E-state index contributed by atoms with van der Waals surface area (Å²) in [7, 11) is -3.99. The van der Waals surface area contributed by atoms with Crippen LogP contribution < -0.4 is 5.43 Å². The molecule has 3 aromatic rings. The number of halogens is 2. The van der Waals surface area contributed by atoms with E-state index in [4.69, 9.17) is 23.2 Å². The molecule has 0 bridgehead atoms. The molecular weight excluding hydrogens is 493 g/mol. The van der Waals surface area contributed by atoms with Crippen LogP contribution in [-0.2, 0) is 21.4 Å². The van der Waals surface area contributed by atoms with Gasteiger partial charge in [0.25, 0.3) is 5.91 Å². The molecule has 0 radical (unpaired) electrons. The van der Waals surface area contributed by atoms with Gasteiger partial charge in [-0.25, -0.2) is 13.8 Å². The number of benzene rings is 3. The van der Waals surface area contributed by atoms with Crippen LogP contribution in [0.15, 0.2) is 70.7 Å². The minimum atomic E-state index is -3.99. The van der Waals surface area contributed by atoms with Crippen LogP contribution in [0.25, 0.3) is 0 Å². The minimum Gasteiger partial charge on any atom is -0.272 e. The van der Waals surface area contributed by atoms with E-state index in [1.165, 1.54) is 6.21 Å². The summed E-state index contributed by atoms with van der Waals surface area (Å²) in [5, 5.41) is 5.07. The Morgan fingerprint density at radius 1 is 0.941 bits per heavy atom. The number of sulfonamides is 1. The van der Waals surface area contributed by atoms with Crippen LogP contribution in [0.3, 0.4) is 0 Å². The van der Waals surface area contributed by atoms with E-state index in [-0.39, 0.29) is 11.4 Å². The van der Waals surface area contributed by atoms with Crippen molar-refractivity contribution in [3.63, 3.8) is 0 Å². The third-order valence-electron chi connectivity index (χ3n) is 5.07. The second-order valence-electron chi connectivity index (χ2n) is 7.97. The molecule has 0 fully saturated rings. The van der Waals surface area contributed by atoms with E-state index in [0.717, 1.165) is 15.4 Å². The highest BCUT2D eigenvalue weighted by Crippen LogP contribution is 2.26. The Kier molecular flexibility index (Phi) is 8.49. The predicted octanol–water partition coefficient (Wildman–Crippen LogP) is 5.26. The molecule has 9 heteroatoms. The van der Waals surface area contributed by atoms with Gasteiger partial charge in [-0.3, -0.25) is 4.79 Å². The van der Waals surface area contributed by atoms with Crippen molar-refractivity contribution >= 4 is 45.3 Å². The summed E-state index contributed by atoms with van der Waals surface area (Å²) in [5.74, 6) is -0.565. The standard InChI is InChI=1S/C25H25Cl2N3O3S/c1-17-12-18(2)25(19(3)13-17)34(32,33)30(15-21-6-10-23(27)11-7-21)16-24(31)29-28-14-20-4-8-22(26)9-5-20/h4-14H,15-16H2,1-3H3,(H,29,31)/b28-14+. The zero-order valence-corrected chi connectivity index (χ0v) is 21.4. The van der Waals surface area contributed by atoms with Crippen molar-refractivity contribution in [2.45, 2.75) is 32.2 Å². The number of nitrogens with one attached hydrogen (secondary N) is 1. The topological polar surface area (TPSA) is 78.8 Å². The van der Waals surface area contributed by atoms with Gasteiger partial charge in [0.05, 0.1) is 17.7 Å². The molecule has 0 saturated heterocycles. The minimum absolute atomic E-state index is 0.000573. The SMILES string of the molecule is Cc1cc(C)c(S(=O)(=O)N(CC(=O)N/N=C/c2ccc(Cl)cc2)Cc2ccc(Cl)cc2)c(C)c1. The van der Waals surface area contributed by atoms with Crippen molar-refractivity contribution < 1.29 is 13.2 Å². The third-order valence-corrected chi connectivity index (χ3v) is 7.67. The van der Waals surface area contributed by atoms with Crippen molar-refractivity contribution in [3.8, 4) is 0 Å². The van der Waals surface area contributed by atoms with Crippen LogP contribution in [-0.4, -0.2) is 31.4 Å². The number of carbonyl (C=O) groups is 1. The second kappa shape index (κ2) is 11.1. The van der Waals surface area contributed by atoms with Crippen molar-refractivity contribution in [1.82, 2.24) is 9.73 Å². The molecule has 0 aliphatic heterocycles. The summed E-state index contributed by atoms with van der Waals surface area (Å²) in [4.78, 5) is 12.9. The number of aryl methyl sites for hydroxylation is 3. The van der Waals surface area contributed by atoms with E-state index in [2.05, 4.69) is 10.5 Å². The molecule has 0 heterocycles. The lowest BCUT2D eigenvalue weighted by Crippen LogP contribution is -2.39. The van der Waals surface area contributed by atoms with Gasteiger partial charge in [-0.1, -0.05) is 65.2 Å². The summed E-state index contributed by atoms with van der Waals surface area (Å²) >= 11 is 11.8. The fraction of sp³-hybridized carbons (Fsp3) is 0.200. The molecule has 6 nitrogen and oxygen atoms in total. The summed E-state index contributed by atoms with van der Waals surface area (Å²) < 4.78 is 28.5. The van der Waals surface area contributed by atoms with Crippen LogP contribution in [0, 0.1) is 20.8 Å². The van der Waals surface area contributed by atoms with E-state index in [0.29, 0.717) is 26.7 Å². The molecule has 34 heavy (non-hydrogen) atoms. The summed E-state index contributed by atoms with van der Waals surface area (Å²) in [6.45, 7) is 5.01. The van der Waals surface area contributed by atoms with Crippen LogP contribution in [0.2, 0.25) is 10.0 Å². The highest BCUT2D eigenvalue weighted by molar-refractivity contribution is 7.89. The molecule has 1 amide bonds. The zero-order valence-electron chi connectivity index (χ0n) is 19.0. The quantitative estimate of drug-likeness (QED) is 0.327. The molecular formula is C25H25Cl2N3O3S. The van der Waals surface area contributed by atoms with Crippen molar-refractivity contribution in [2.75, 3.05) is 6.54 Å². The number of hydrogen-bond donors (Lipinski definition) is 1. The number of hydrogen-bond acceptors (Lipinski definition) is 4. The number of nitrogens with zero attached hydrogens (tertiary/aromatic N) is 2. The first-order valence-electron chi connectivity index (χ1n) is 10.5. The van der Waals surface area contributed by atoms with Gasteiger partial charge in [0.15, 0.2) is 0 Å². The number of rotatable bonds is 8. The molecule has 0 aromatic heterocycles. The molecule has 0 saturated carbocycles. The molecule has 0 spiro atoms. The largest absolute Gasteiger partial charge is 0.272 e. The van der Waals surface area contributed by atoms with Crippen LogP contribution in [0.5, 0.6) is 0 Å². The lowest BCUT2D eigenvalue weighted by Gasteiger charge is -2.24. The number of hydrazone groups is 1. The molecule has 0 aliphatic carbocycles. The van der Waals surface area contributed by atoms with Crippen molar-refractivity contribution in [2.24, 2.45) is 5.10 Å². The van der Waals surface area contributed by atoms with E-state index >= 15 is 0 Å². The van der Waals surface area contributed by atoms with Crippen LogP contribution >= 0.6 is 23.2 Å². The molecule has 0 aliphatic rings. The first-order chi connectivity index (χ1) is 16.1. The number of amides is 1. The van der Waals surface area contributed by atoms with Gasteiger partial charge >= 0.3 is 0 Å². The maximum atomic E-state index is 13.7. The van der Waals surface area contributed by atoms with Gasteiger partial charge < -0.3 is 0 Å². The van der Waals surface area contributed by atoms with E-state index in [9.17, 15) is 13.2 Å². The van der Waals surface area contributed by atoms with Crippen molar-refractivity contribution in [3.05, 3.63) is 98.5 Å². The highest BCUT2D eigenvalue weighted by atomic mass is 35.5. The molecule has 0 atom stereocenters. The van der Waals surface area contributed by atoms with Crippen LogP contribution in [0.1, 0.15) is 27.8 Å². The summed E-state index contributed by atoms with van der Waals surface area (Å²) in [5.41, 5.74) is 6.06. The lowest BCUT2D eigenvalue weighted by atomic mass is 10.1. The normalized spacial score (nSPS) is 11.8. The predicted molar refractivity (Wildman–Crippen MR) is 137 cm³/mol. The Morgan fingerprint density at radius 3 is 2.03 bits per heavy atom. The average molecular weight is 518 g/mol. The Balaban J connectivity index is 1.86. The smallest absolute Gasteiger partial charge is 0.255 e. The molecule has 0 unspecified atom stereocenters. The van der Waals surface area contributed by atoms with Crippen LogP contribution in [0.4, 0.5) is 0 Å². The highest BCUT2D eigenvalue weighted by Gasteiger charge is 2.30. The monoisotopic (exact) mass is 517 g/mol. The molecule has 178 valence electrons. The third kappa shape index (κ3) is 6.67. The van der Waals surface area contributed by atoms with Gasteiger partial charge in [0.2, 0.25) is 10.0 Å². The van der Waals surface area contributed by atoms with E-state index < -0.39 is 22.5 Å². The van der Waals surface area contributed by atoms with Crippen molar-refractivity contribution in [1.29, 1.82) is 0 Å². The second-order valence-corrected chi connectivity index (χ2v) is 10.7. The maximum absolute atomic E-state index is 13.7. The fourth-order valence-corrected chi connectivity index (χ4v) is 5.69. The first-order valence-corrected chi connectivity index (χ1v) is 12.7. The zero-order chi connectivity index (χ0) is 24.9. The first kappa shape index (κ1) is 25.9. The average Bonchev–Trinajstić information content (AvgIpc) is 2.75. The van der Waals surface area contributed by atoms with Gasteiger partial charge in [-0.15, -0.1) is 0 Å². The Bertz CT molecular complexity index is 1280. The maximum Gasteiger partial charge on any atom is 0.255 e. The Labute approximate surface area is 210 Å². The number of carbonyl (C=O) groups excluding carboxylic acids is 1. The van der Waals surface area contributed by atoms with E-state index in [1.807, 2.05) is 19.1 Å². The molecule has 3 rings (SSSR count). The van der Waals surface area contributed by atoms with Gasteiger partial charge in [0.1, 0.15) is 0 Å². The fourth-order valence-electron chi connectivity index (χ4n) is 3.65. The molecule has 3 aromatic carbocycles.